The van der Waals surface area contributed by atoms with E-state index in [0.29, 0.717) is 17.7 Å². The van der Waals surface area contributed by atoms with Gasteiger partial charge in [-0.15, -0.1) is 0 Å². The third-order valence-corrected chi connectivity index (χ3v) is 4.30. The minimum absolute atomic E-state index is 0.0136. The Balaban J connectivity index is 2.00. The van der Waals surface area contributed by atoms with Gasteiger partial charge in [0, 0.05) is 31.7 Å². The molecule has 136 valence electrons. The normalized spacial score (nSPS) is 12.2. The van der Waals surface area contributed by atoms with Crippen LogP contribution in [0, 0.1) is 0 Å². The lowest BCUT2D eigenvalue weighted by Gasteiger charge is -2.17. The quantitative estimate of drug-likeness (QED) is 0.661. The van der Waals surface area contributed by atoms with E-state index in [1.807, 2.05) is 53.9 Å². The van der Waals surface area contributed by atoms with Gasteiger partial charge in [0.2, 0.25) is 5.91 Å². The lowest BCUT2D eigenvalue weighted by atomic mass is 10.1. The number of hydrogen-bond donors (Lipinski definition) is 0. The zero-order valence-electron chi connectivity index (χ0n) is 15.4. The number of benzene rings is 1. The molecule has 26 heavy (non-hydrogen) atoms. The van der Waals surface area contributed by atoms with Gasteiger partial charge in [0.15, 0.2) is 0 Å². The van der Waals surface area contributed by atoms with E-state index in [1.165, 1.54) is 7.11 Å². The van der Waals surface area contributed by atoms with Crippen LogP contribution in [0.2, 0.25) is 0 Å². The van der Waals surface area contributed by atoms with Crippen LogP contribution in [0.15, 0.2) is 42.6 Å². The molecule has 1 unspecified atom stereocenters. The van der Waals surface area contributed by atoms with Crippen LogP contribution < -0.4 is 4.74 Å². The predicted molar refractivity (Wildman–Crippen MR) is 99.6 cm³/mol. The number of amides is 1. The van der Waals surface area contributed by atoms with Crippen molar-refractivity contribution in [2.45, 2.75) is 19.4 Å². The van der Waals surface area contributed by atoms with Crippen LogP contribution in [0.1, 0.15) is 23.7 Å². The molecule has 3 rings (SSSR count). The Labute approximate surface area is 151 Å². The average molecular weight is 354 g/mol. The number of pyridine rings is 1. The molecule has 0 aliphatic rings. The average Bonchev–Trinajstić information content (AvgIpc) is 2.94. The SMILES string of the molecule is COC(=O)c1c2ccc(OC(C)CC(=O)N(C)C)cc2n2ccccc12. The molecule has 0 bridgehead atoms. The summed E-state index contributed by atoms with van der Waals surface area (Å²) in [6, 6.07) is 11.2. The first-order valence-corrected chi connectivity index (χ1v) is 8.40. The van der Waals surface area contributed by atoms with E-state index in [1.54, 1.807) is 19.0 Å². The van der Waals surface area contributed by atoms with Crippen molar-refractivity contribution in [3.63, 3.8) is 0 Å². The second-order valence-electron chi connectivity index (χ2n) is 6.42. The molecule has 0 radical (unpaired) electrons. The highest BCUT2D eigenvalue weighted by Gasteiger charge is 2.19. The highest BCUT2D eigenvalue weighted by atomic mass is 16.5. The molecule has 1 atom stereocenters. The van der Waals surface area contributed by atoms with Crippen LogP contribution in [0.3, 0.4) is 0 Å². The second kappa shape index (κ2) is 7.07. The third kappa shape index (κ3) is 3.22. The highest BCUT2D eigenvalue weighted by molar-refractivity contribution is 6.11. The monoisotopic (exact) mass is 354 g/mol. The first-order chi connectivity index (χ1) is 12.4. The molecule has 2 aromatic heterocycles. The topological polar surface area (TPSA) is 60.2 Å². The number of nitrogens with zero attached hydrogens (tertiary/aromatic N) is 2. The Bertz CT molecular complexity index is 975. The molecule has 1 aromatic carbocycles. The first kappa shape index (κ1) is 17.8. The maximum Gasteiger partial charge on any atom is 0.340 e. The number of methoxy groups -OCH3 is 1. The molecule has 1 amide bonds. The van der Waals surface area contributed by atoms with Gasteiger partial charge < -0.3 is 18.8 Å². The fraction of sp³-hybridized carbons (Fsp3) is 0.300. The van der Waals surface area contributed by atoms with E-state index >= 15 is 0 Å². The van der Waals surface area contributed by atoms with Crippen LogP contribution in [-0.2, 0) is 9.53 Å². The summed E-state index contributed by atoms with van der Waals surface area (Å²) in [7, 11) is 4.83. The van der Waals surface area contributed by atoms with Crippen molar-refractivity contribution in [1.29, 1.82) is 0 Å². The molecule has 0 aliphatic carbocycles. The minimum Gasteiger partial charge on any atom is -0.490 e. The van der Waals surface area contributed by atoms with Crippen molar-refractivity contribution in [3.05, 3.63) is 48.2 Å². The van der Waals surface area contributed by atoms with Crippen LogP contribution in [0.25, 0.3) is 16.4 Å². The summed E-state index contributed by atoms with van der Waals surface area (Å²) in [5, 5.41) is 0.799. The van der Waals surface area contributed by atoms with E-state index in [0.717, 1.165) is 16.4 Å². The second-order valence-corrected chi connectivity index (χ2v) is 6.42. The fourth-order valence-corrected chi connectivity index (χ4v) is 3.01. The number of rotatable bonds is 5. The standard InChI is InChI=1S/C20H22N2O4/c1-13(11-18(23)21(2)3)26-14-8-9-15-17(12-14)22-10-6-5-7-16(22)19(15)20(24)25-4/h5-10,12-13H,11H2,1-4H3. The van der Waals surface area contributed by atoms with Gasteiger partial charge in [-0.1, -0.05) is 6.07 Å². The van der Waals surface area contributed by atoms with Crippen molar-refractivity contribution in [2.75, 3.05) is 21.2 Å². The molecule has 0 saturated heterocycles. The predicted octanol–water partition coefficient (Wildman–Crippen LogP) is 3.12. The smallest absolute Gasteiger partial charge is 0.340 e. The summed E-state index contributed by atoms with van der Waals surface area (Å²) in [5.74, 6) is 0.290. The summed E-state index contributed by atoms with van der Waals surface area (Å²) in [6.07, 6.45) is 1.94. The van der Waals surface area contributed by atoms with Crippen LogP contribution in [-0.4, -0.2) is 48.5 Å². The zero-order valence-corrected chi connectivity index (χ0v) is 15.4. The third-order valence-electron chi connectivity index (χ3n) is 4.30. The zero-order chi connectivity index (χ0) is 18.8. The molecule has 0 fully saturated rings. The van der Waals surface area contributed by atoms with E-state index in [-0.39, 0.29) is 18.0 Å². The number of hydrogen-bond acceptors (Lipinski definition) is 4. The summed E-state index contributed by atoms with van der Waals surface area (Å²) in [6.45, 7) is 1.86. The summed E-state index contributed by atoms with van der Waals surface area (Å²) in [5.41, 5.74) is 2.16. The fourth-order valence-electron chi connectivity index (χ4n) is 3.01. The number of aromatic nitrogens is 1. The van der Waals surface area contributed by atoms with Gasteiger partial charge >= 0.3 is 5.97 Å². The van der Waals surface area contributed by atoms with Crippen molar-refractivity contribution < 1.29 is 19.1 Å². The lowest BCUT2D eigenvalue weighted by molar-refractivity contribution is -0.130. The first-order valence-electron chi connectivity index (χ1n) is 8.40. The molecule has 3 aromatic rings. The van der Waals surface area contributed by atoms with Gasteiger partial charge in [-0.25, -0.2) is 4.79 Å². The summed E-state index contributed by atoms with van der Waals surface area (Å²) < 4.78 is 12.8. The number of carbonyl (C=O) groups excluding carboxylic acids is 2. The molecular weight excluding hydrogens is 332 g/mol. The van der Waals surface area contributed by atoms with E-state index < -0.39 is 0 Å². The van der Waals surface area contributed by atoms with E-state index in [9.17, 15) is 9.59 Å². The molecule has 0 N–H and O–H groups in total. The van der Waals surface area contributed by atoms with Gasteiger partial charge in [0.05, 0.1) is 30.1 Å². The Kier molecular flexibility index (Phi) is 4.84. The number of ether oxygens (including phenoxy) is 2. The van der Waals surface area contributed by atoms with E-state index in [4.69, 9.17) is 9.47 Å². The Morgan fingerprint density at radius 1 is 1.15 bits per heavy atom. The molecular formula is C20H22N2O4. The van der Waals surface area contributed by atoms with Crippen molar-refractivity contribution in [3.8, 4) is 5.75 Å². The number of carbonyl (C=O) groups is 2. The number of esters is 1. The van der Waals surface area contributed by atoms with Crippen LogP contribution in [0.4, 0.5) is 0 Å². The van der Waals surface area contributed by atoms with E-state index in [2.05, 4.69) is 0 Å². The van der Waals surface area contributed by atoms with Gasteiger partial charge in [0.25, 0.3) is 0 Å². The summed E-state index contributed by atoms with van der Waals surface area (Å²) >= 11 is 0. The molecule has 6 nitrogen and oxygen atoms in total. The Morgan fingerprint density at radius 2 is 1.92 bits per heavy atom. The highest BCUT2D eigenvalue weighted by Crippen LogP contribution is 2.30. The number of fused-ring (bicyclic) bond motifs is 3. The van der Waals surface area contributed by atoms with Gasteiger partial charge in [-0.05, 0) is 31.2 Å². The molecule has 0 saturated carbocycles. The Hall–Kier alpha value is -3.02. The minimum atomic E-state index is -0.373. The maximum absolute atomic E-state index is 12.2. The summed E-state index contributed by atoms with van der Waals surface area (Å²) in [4.78, 5) is 25.6. The van der Waals surface area contributed by atoms with Gasteiger partial charge in [-0.3, -0.25) is 4.79 Å². The van der Waals surface area contributed by atoms with Crippen molar-refractivity contribution in [2.24, 2.45) is 0 Å². The van der Waals surface area contributed by atoms with Crippen LogP contribution in [0.5, 0.6) is 5.75 Å². The van der Waals surface area contributed by atoms with Gasteiger partial charge in [-0.2, -0.15) is 0 Å². The largest absolute Gasteiger partial charge is 0.490 e. The van der Waals surface area contributed by atoms with Crippen molar-refractivity contribution >= 4 is 28.3 Å². The lowest BCUT2D eigenvalue weighted by Crippen LogP contribution is -2.27. The molecule has 2 heterocycles. The van der Waals surface area contributed by atoms with Gasteiger partial charge in [0.1, 0.15) is 11.9 Å². The molecule has 0 spiro atoms. The molecule has 6 heteroatoms. The van der Waals surface area contributed by atoms with Crippen LogP contribution >= 0.6 is 0 Å². The van der Waals surface area contributed by atoms with Crippen molar-refractivity contribution in [1.82, 2.24) is 9.30 Å². The molecule has 0 aliphatic heterocycles. The Morgan fingerprint density at radius 3 is 2.62 bits per heavy atom. The maximum atomic E-state index is 12.2.